The van der Waals surface area contributed by atoms with Crippen molar-refractivity contribution in [2.24, 2.45) is 0 Å². The van der Waals surface area contributed by atoms with Gasteiger partial charge in [-0.2, -0.15) is 0 Å². The first-order valence-corrected chi connectivity index (χ1v) is 6.67. The number of ether oxygens (including phenoxy) is 2. The molecule has 0 bridgehead atoms. The summed E-state index contributed by atoms with van der Waals surface area (Å²) in [7, 11) is 1.58. The maximum Gasteiger partial charge on any atom is 0.251 e. The number of carbonyl (C=O) groups excluding carboxylic acids is 1. The van der Waals surface area contributed by atoms with Crippen LogP contribution in [0.4, 0.5) is 5.69 Å². The second-order valence-electron chi connectivity index (χ2n) is 4.58. The molecule has 0 aromatic heterocycles. The van der Waals surface area contributed by atoms with E-state index in [1.54, 1.807) is 19.2 Å². The van der Waals surface area contributed by atoms with Crippen molar-refractivity contribution >= 4 is 11.6 Å². The molecule has 5 heteroatoms. The summed E-state index contributed by atoms with van der Waals surface area (Å²) in [6.45, 7) is 5.92. The summed E-state index contributed by atoms with van der Waals surface area (Å²) in [6.07, 6.45) is 0. The van der Waals surface area contributed by atoms with Gasteiger partial charge in [-0.1, -0.05) is 0 Å². The SMILES string of the molecule is CCOc1ccc(NC(=O)C(C)=C2CNC2)cc1OC. The highest BCUT2D eigenvalue weighted by molar-refractivity contribution is 6.04. The maximum atomic E-state index is 12.1. The molecule has 5 nitrogen and oxygen atoms in total. The zero-order valence-corrected chi connectivity index (χ0v) is 12.1. The Morgan fingerprint density at radius 1 is 1.35 bits per heavy atom. The minimum Gasteiger partial charge on any atom is -0.493 e. The average molecular weight is 276 g/mol. The van der Waals surface area contributed by atoms with Crippen LogP contribution in [-0.2, 0) is 4.79 Å². The van der Waals surface area contributed by atoms with Crippen molar-refractivity contribution in [3.63, 3.8) is 0 Å². The Labute approximate surface area is 119 Å². The fraction of sp³-hybridized carbons (Fsp3) is 0.400. The Kier molecular flexibility index (Phi) is 4.63. The Bertz CT molecular complexity index is 532. The number of anilines is 1. The van der Waals surface area contributed by atoms with Crippen LogP contribution >= 0.6 is 0 Å². The Hall–Kier alpha value is -2.01. The number of nitrogens with one attached hydrogen (secondary N) is 2. The van der Waals surface area contributed by atoms with Gasteiger partial charge in [0, 0.05) is 30.4 Å². The highest BCUT2D eigenvalue weighted by Crippen LogP contribution is 2.30. The number of rotatable bonds is 5. The van der Waals surface area contributed by atoms with Gasteiger partial charge in [0.15, 0.2) is 11.5 Å². The van der Waals surface area contributed by atoms with Crippen LogP contribution < -0.4 is 20.1 Å². The van der Waals surface area contributed by atoms with Gasteiger partial charge in [-0.25, -0.2) is 0 Å². The van der Waals surface area contributed by atoms with Crippen molar-refractivity contribution in [1.82, 2.24) is 5.32 Å². The first-order chi connectivity index (χ1) is 9.65. The number of amides is 1. The van der Waals surface area contributed by atoms with E-state index in [0.717, 1.165) is 24.2 Å². The third-order valence-electron chi connectivity index (χ3n) is 3.27. The zero-order chi connectivity index (χ0) is 14.5. The van der Waals surface area contributed by atoms with E-state index in [-0.39, 0.29) is 5.91 Å². The summed E-state index contributed by atoms with van der Waals surface area (Å²) in [4.78, 5) is 12.1. The standard InChI is InChI=1S/C15H20N2O3/c1-4-20-13-6-5-12(7-14(13)19-3)17-15(18)10(2)11-8-16-9-11/h5-7,16H,4,8-9H2,1-3H3,(H,17,18). The lowest BCUT2D eigenvalue weighted by Crippen LogP contribution is -2.36. The van der Waals surface area contributed by atoms with Crippen molar-refractivity contribution in [1.29, 1.82) is 0 Å². The van der Waals surface area contributed by atoms with Gasteiger partial charge in [0.05, 0.1) is 13.7 Å². The van der Waals surface area contributed by atoms with Gasteiger partial charge in [-0.15, -0.1) is 0 Å². The minimum atomic E-state index is -0.0762. The third kappa shape index (κ3) is 3.11. The van der Waals surface area contributed by atoms with Crippen LogP contribution in [0.3, 0.4) is 0 Å². The molecule has 1 saturated heterocycles. The summed E-state index contributed by atoms with van der Waals surface area (Å²) >= 11 is 0. The summed E-state index contributed by atoms with van der Waals surface area (Å²) in [5.74, 6) is 1.21. The molecule has 0 unspecified atom stereocenters. The minimum absolute atomic E-state index is 0.0762. The van der Waals surface area contributed by atoms with Crippen LogP contribution in [0.5, 0.6) is 11.5 Å². The third-order valence-corrected chi connectivity index (χ3v) is 3.27. The second-order valence-corrected chi connectivity index (χ2v) is 4.58. The lowest BCUT2D eigenvalue weighted by Gasteiger charge is -2.21. The van der Waals surface area contributed by atoms with Gasteiger partial charge in [0.1, 0.15) is 0 Å². The van der Waals surface area contributed by atoms with Crippen LogP contribution in [-0.4, -0.2) is 32.7 Å². The Balaban J connectivity index is 2.11. The average Bonchev–Trinajstić information content (AvgIpc) is 2.38. The van der Waals surface area contributed by atoms with E-state index in [1.807, 2.05) is 19.9 Å². The summed E-state index contributed by atoms with van der Waals surface area (Å²) in [5, 5.41) is 6.00. The highest BCUT2D eigenvalue weighted by atomic mass is 16.5. The van der Waals surface area contributed by atoms with E-state index in [1.165, 1.54) is 0 Å². The maximum absolute atomic E-state index is 12.1. The number of hydrogen-bond donors (Lipinski definition) is 2. The molecule has 1 aromatic carbocycles. The van der Waals surface area contributed by atoms with E-state index >= 15 is 0 Å². The van der Waals surface area contributed by atoms with E-state index in [9.17, 15) is 4.79 Å². The van der Waals surface area contributed by atoms with E-state index in [0.29, 0.717) is 23.8 Å². The normalized spacial score (nSPS) is 13.4. The molecule has 0 aliphatic carbocycles. The molecule has 20 heavy (non-hydrogen) atoms. The lowest BCUT2D eigenvalue weighted by molar-refractivity contribution is -0.112. The number of benzene rings is 1. The molecule has 1 aromatic rings. The van der Waals surface area contributed by atoms with Gasteiger partial charge in [-0.05, 0) is 31.6 Å². The first-order valence-electron chi connectivity index (χ1n) is 6.67. The van der Waals surface area contributed by atoms with Crippen LogP contribution in [0, 0.1) is 0 Å². The molecule has 1 amide bonds. The molecule has 1 aliphatic heterocycles. The smallest absolute Gasteiger partial charge is 0.251 e. The molecule has 0 spiro atoms. The van der Waals surface area contributed by atoms with Gasteiger partial charge in [0.2, 0.25) is 0 Å². The monoisotopic (exact) mass is 276 g/mol. The van der Waals surface area contributed by atoms with Gasteiger partial charge < -0.3 is 20.1 Å². The molecule has 0 saturated carbocycles. The first kappa shape index (κ1) is 14.4. The van der Waals surface area contributed by atoms with Crippen LogP contribution in [0.2, 0.25) is 0 Å². The van der Waals surface area contributed by atoms with Crippen molar-refractivity contribution in [2.45, 2.75) is 13.8 Å². The molecule has 1 aliphatic rings. The lowest BCUT2D eigenvalue weighted by atomic mass is 10.0. The van der Waals surface area contributed by atoms with Crippen LogP contribution in [0.25, 0.3) is 0 Å². The summed E-state index contributed by atoms with van der Waals surface area (Å²) < 4.78 is 10.7. The van der Waals surface area contributed by atoms with Gasteiger partial charge in [0.25, 0.3) is 5.91 Å². The predicted octanol–water partition coefficient (Wildman–Crippen LogP) is 1.95. The molecule has 0 atom stereocenters. The van der Waals surface area contributed by atoms with Gasteiger partial charge >= 0.3 is 0 Å². The van der Waals surface area contributed by atoms with Crippen molar-refractivity contribution in [2.75, 3.05) is 32.1 Å². The largest absolute Gasteiger partial charge is 0.493 e. The molecule has 1 fully saturated rings. The molecule has 2 N–H and O–H groups in total. The predicted molar refractivity (Wildman–Crippen MR) is 78.4 cm³/mol. The number of methoxy groups -OCH3 is 1. The second kappa shape index (κ2) is 6.43. The molecule has 0 radical (unpaired) electrons. The fourth-order valence-corrected chi connectivity index (χ4v) is 1.92. The quantitative estimate of drug-likeness (QED) is 0.807. The molecular weight excluding hydrogens is 256 g/mol. The van der Waals surface area contributed by atoms with Crippen molar-refractivity contribution < 1.29 is 14.3 Å². The summed E-state index contributed by atoms with van der Waals surface area (Å²) in [5.41, 5.74) is 2.62. The number of hydrogen-bond acceptors (Lipinski definition) is 4. The molecule has 2 rings (SSSR count). The Morgan fingerprint density at radius 3 is 2.65 bits per heavy atom. The Morgan fingerprint density at radius 2 is 2.10 bits per heavy atom. The summed E-state index contributed by atoms with van der Waals surface area (Å²) in [6, 6.07) is 5.37. The molecular formula is C15H20N2O3. The van der Waals surface area contributed by atoms with E-state index in [2.05, 4.69) is 10.6 Å². The fourth-order valence-electron chi connectivity index (χ4n) is 1.92. The zero-order valence-electron chi connectivity index (χ0n) is 12.1. The van der Waals surface area contributed by atoms with E-state index in [4.69, 9.17) is 9.47 Å². The van der Waals surface area contributed by atoms with Crippen molar-refractivity contribution in [3.05, 3.63) is 29.3 Å². The van der Waals surface area contributed by atoms with Crippen molar-refractivity contribution in [3.8, 4) is 11.5 Å². The highest BCUT2D eigenvalue weighted by Gasteiger charge is 2.16. The number of carbonyl (C=O) groups is 1. The van der Waals surface area contributed by atoms with Gasteiger partial charge in [-0.3, -0.25) is 4.79 Å². The molecule has 108 valence electrons. The van der Waals surface area contributed by atoms with Crippen LogP contribution in [0.15, 0.2) is 29.3 Å². The molecule has 1 heterocycles. The van der Waals surface area contributed by atoms with Crippen LogP contribution in [0.1, 0.15) is 13.8 Å². The topological polar surface area (TPSA) is 59.6 Å². The van der Waals surface area contributed by atoms with E-state index < -0.39 is 0 Å².